The summed E-state index contributed by atoms with van der Waals surface area (Å²) in [5.41, 5.74) is 0. The van der Waals surface area contributed by atoms with Crippen molar-refractivity contribution in [3.05, 3.63) is 0 Å². The number of piperidine rings is 1. The van der Waals surface area contributed by atoms with Crippen LogP contribution in [0.4, 0.5) is 0 Å². The zero-order valence-electron chi connectivity index (χ0n) is 11.6. The summed E-state index contributed by atoms with van der Waals surface area (Å²) >= 11 is 0. The van der Waals surface area contributed by atoms with Crippen molar-refractivity contribution in [2.45, 2.75) is 39.2 Å². The normalized spacial score (nSPS) is 20.8. The number of amides is 1. The minimum Gasteiger partial charge on any atom is -0.469 e. The average Bonchev–Trinajstić information content (AvgIpc) is 2.35. The number of hydrogen-bond acceptors (Lipinski definition) is 4. The number of likely N-dealkylation sites (tertiary alicyclic amines) is 1. The topological polar surface area (TPSA) is 58.6 Å². The molecule has 1 rings (SSSR count). The smallest absolute Gasteiger partial charge is 0.309 e. The predicted molar refractivity (Wildman–Crippen MR) is 69.1 cm³/mol. The number of esters is 1. The molecule has 1 saturated heterocycles. The standard InChI is InChI=1S/C13H24N2O3/c1-10(2)14-12(16)6-8-15-7-4-5-11(9-15)13(17)18-3/h10-11H,4-9H2,1-3H3,(H,14,16)/t11-/m0/s1. The quantitative estimate of drug-likeness (QED) is 0.739. The zero-order valence-corrected chi connectivity index (χ0v) is 11.6. The van der Waals surface area contributed by atoms with Gasteiger partial charge in [-0.3, -0.25) is 9.59 Å². The molecule has 0 aromatic heterocycles. The first-order valence-corrected chi connectivity index (χ1v) is 6.62. The lowest BCUT2D eigenvalue weighted by molar-refractivity contribution is -0.147. The van der Waals surface area contributed by atoms with E-state index in [1.807, 2.05) is 13.8 Å². The number of carbonyl (C=O) groups excluding carboxylic acids is 2. The molecule has 0 spiro atoms. The maximum Gasteiger partial charge on any atom is 0.309 e. The van der Waals surface area contributed by atoms with E-state index in [1.165, 1.54) is 7.11 Å². The molecule has 0 unspecified atom stereocenters. The fourth-order valence-electron chi connectivity index (χ4n) is 2.27. The second kappa shape index (κ2) is 7.36. The highest BCUT2D eigenvalue weighted by Gasteiger charge is 2.26. The number of nitrogens with zero attached hydrogens (tertiary/aromatic N) is 1. The van der Waals surface area contributed by atoms with Gasteiger partial charge < -0.3 is 15.0 Å². The highest BCUT2D eigenvalue weighted by Crippen LogP contribution is 2.17. The highest BCUT2D eigenvalue weighted by atomic mass is 16.5. The molecule has 0 aromatic carbocycles. The van der Waals surface area contributed by atoms with Gasteiger partial charge in [0.25, 0.3) is 0 Å². The molecule has 1 aliphatic heterocycles. The van der Waals surface area contributed by atoms with Crippen LogP contribution in [0.15, 0.2) is 0 Å². The molecule has 1 atom stereocenters. The van der Waals surface area contributed by atoms with Crippen molar-refractivity contribution in [3.8, 4) is 0 Å². The van der Waals surface area contributed by atoms with Crippen LogP contribution in [-0.2, 0) is 14.3 Å². The van der Waals surface area contributed by atoms with Gasteiger partial charge in [-0.1, -0.05) is 0 Å². The summed E-state index contributed by atoms with van der Waals surface area (Å²) in [6.07, 6.45) is 2.37. The molecular formula is C13H24N2O3. The molecule has 0 bridgehead atoms. The Morgan fingerprint density at radius 3 is 2.78 bits per heavy atom. The third-order valence-electron chi connectivity index (χ3n) is 3.14. The molecule has 1 N–H and O–H groups in total. The van der Waals surface area contributed by atoms with E-state index >= 15 is 0 Å². The van der Waals surface area contributed by atoms with E-state index in [0.717, 1.165) is 19.4 Å². The van der Waals surface area contributed by atoms with Crippen molar-refractivity contribution in [1.82, 2.24) is 10.2 Å². The number of ether oxygens (including phenoxy) is 1. The molecule has 18 heavy (non-hydrogen) atoms. The summed E-state index contributed by atoms with van der Waals surface area (Å²) in [6, 6.07) is 0.182. The summed E-state index contributed by atoms with van der Waals surface area (Å²) in [4.78, 5) is 25.2. The van der Waals surface area contributed by atoms with Crippen LogP contribution in [-0.4, -0.2) is 49.6 Å². The lowest BCUT2D eigenvalue weighted by Crippen LogP contribution is -2.41. The number of methoxy groups -OCH3 is 1. The molecule has 0 radical (unpaired) electrons. The van der Waals surface area contributed by atoms with Crippen LogP contribution in [0.1, 0.15) is 33.1 Å². The van der Waals surface area contributed by atoms with Crippen molar-refractivity contribution in [3.63, 3.8) is 0 Å². The Balaban J connectivity index is 2.30. The first-order valence-electron chi connectivity index (χ1n) is 6.62. The summed E-state index contributed by atoms with van der Waals surface area (Å²) in [5.74, 6) is -0.0894. The molecule has 1 heterocycles. The molecule has 0 aromatic rings. The molecule has 1 aliphatic rings. The van der Waals surface area contributed by atoms with E-state index in [9.17, 15) is 9.59 Å². The summed E-state index contributed by atoms with van der Waals surface area (Å²) in [6.45, 7) is 6.29. The Kier molecular flexibility index (Phi) is 6.12. The van der Waals surface area contributed by atoms with E-state index in [1.54, 1.807) is 0 Å². The van der Waals surface area contributed by atoms with Gasteiger partial charge in [0.15, 0.2) is 0 Å². The average molecular weight is 256 g/mol. The third kappa shape index (κ3) is 5.04. The monoisotopic (exact) mass is 256 g/mol. The minimum atomic E-state index is -0.133. The van der Waals surface area contributed by atoms with Gasteiger partial charge in [0.2, 0.25) is 5.91 Å². The van der Waals surface area contributed by atoms with E-state index in [0.29, 0.717) is 19.5 Å². The molecule has 5 nitrogen and oxygen atoms in total. The Labute approximate surface area is 109 Å². The van der Waals surface area contributed by atoms with Crippen LogP contribution in [0, 0.1) is 5.92 Å². The van der Waals surface area contributed by atoms with Crippen LogP contribution in [0.25, 0.3) is 0 Å². The summed E-state index contributed by atoms with van der Waals surface area (Å²) in [5, 5.41) is 2.87. The lowest BCUT2D eigenvalue weighted by Gasteiger charge is -2.31. The van der Waals surface area contributed by atoms with E-state index in [4.69, 9.17) is 4.74 Å². The predicted octanol–water partition coefficient (Wildman–Crippen LogP) is 0.786. The minimum absolute atomic E-state index is 0.0306. The molecule has 1 amide bonds. The first-order chi connectivity index (χ1) is 8.52. The van der Waals surface area contributed by atoms with Crippen LogP contribution in [0.2, 0.25) is 0 Å². The van der Waals surface area contributed by atoms with Gasteiger partial charge >= 0.3 is 5.97 Å². The molecule has 1 fully saturated rings. The zero-order chi connectivity index (χ0) is 13.5. The Hall–Kier alpha value is -1.10. The highest BCUT2D eigenvalue weighted by molar-refractivity contribution is 5.76. The fourth-order valence-corrected chi connectivity index (χ4v) is 2.27. The largest absolute Gasteiger partial charge is 0.469 e. The van der Waals surface area contributed by atoms with Crippen molar-refractivity contribution < 1.29 is 14.3 Å². The second-order valence-corrected chi connectivity index (χ2v) is 5.14. The number of rotatable bonds is 5. The second-order valence-electron chi connectivity index (χ2n) is 5.14. The third-order valence-corrected chi connectivity index (χ3v) is 3.14. The SMILES string of the molecule is COC(=O)[C@H]1CCCN(CCC(=O)NC(C)C)C1. The summed E-state index contributed by atoms with van der Waals surface area (Å²) in [7, 11) is 1.43. The molecular weight excluding hydrogens is 232 g/mol. The van der Waals surface area contributed by atoms with Gasteiger partial charge in [-0.25, -0.2) is 0 Å². The van der Waals surface area contributed by atoms with Crippen molar-refractivity contribution in [2.24, 2.45) is 5.92 Å². The van der Waals surface area contributed by atoms with Gasteiger partial charge in [-0.15, -0.1) is 0 Å². The van der Waals surface area contributed by atoms with Crippen molar-refractivity contribution in [1.29, 1.82) is 0 Å². The van der Waals surface area contributed by atoms with Gasteiger partial charge in [0.1, 0.15) is 0 Å². The first kappa shape index (κ1) is 15.0. The molecule has 104 valence electrons. The number of carbonyl (C=O) groups is 2. The van der Waals surface area contributed by atoms with Gasteiger partial charge in [0.05, 0.1) is 13.0 Å². The summed E-state index contributed by atoms with van der Waals surface area (Å²) < 4.78 is 4.77. The Morgan fingerprint density at radius 2 is 2.17 bits per heavy atom. The van der Waals surface area contributed by atoms with Gasteiger partial charge in [-0.2, -0.15) is 0 Å². The van der Waals surface area contributed by atoms with Crippen molar-refractivity contribution in [2.75, 3.05) is 26.7 Å². The van der Waals surface area contributed by atoms with Crippen LogP contribution < -0.4 is 5.32 Å². The van der Waals surface area contributed by atoms with Crippen molar-refractivity contribution >= 4 is 11.9 Å². The maximum absolute atomic E-state index is 11.5. The maximum atomic E-state index is 11.5. The van der Waals surface area contributed by atoms with Crippen LogP contribution in [0.3, 0.4) is 0 Å². The fraction of sp³-hybridized carbons (Fsp3) is 0.846. The van der Waals surface area contributed by atoms with E-state index in [-0.39, 0.29) is 23.8 Å². The molecule has 0 saturated carbocycles. The van der Waals surface area contributed by atoms with Gasteiger partial charge in [0, 0.05) is 25.6 Å². The lowest BCUT2D eigenvalue weighted by atomic mass is 9.98. The van der Waals surface area contributed by atoms with E-state index in [2.05, 4.69) is 10.2 Å². The van der Waals surface area contributed by atoms with Crippen LogP contribution in [0.5, 0.6) is 0 Å². The Bertz CT molecular complexity index is 292. The molecule has 5 heteroatoms. The molecule has 0 aliphatic carbocycles. The number of nitrogens with one attached hydrogen (secondary N) is 1. The van der Waals surface area contributed by atoms with Gasteiger partial charge in [-0.05, 0) is 33.2 Å². The Morgan fingerprint density at radius 1 is 1.44 bits per heavy atom. The number of hydrogen-bond donors (Lipinski definition) is 1. The van der Waals surface area contributed by atoms with Crippen LogP contribution >= 0.6 is 0 Å². The van der Waals surface area contributed by atoms with E-state index < -0.39 is 0 Å².